The van der Waals surface area contributed by atoms with Crippen molar-refractivity contribution in [3.05, 3.63) is 35.9 Å². The van der Waals surface area contributed by atoms with Crippen LogP contribution in [0, 0.1) is 0 Å². The van der Waals surface area contributed by atoms with Crippen LogP contribution in [-0.4, -0.2) is 30.1 Å². The van der Waals surface area contributed by atoms with E-state index in [2.05, 4.69) is 34.9 Å². The molecule has 1 heterocycles. The van der Waals surface area contributed by atoms with Crippen LogP contribution < -0.4 is 10.7 Å². The Kier molecular flexibility index (Phi) is 8.04. The summed E-state index contributed by atoms with van der Waals surface area (Å²) in [7, 11) is 0. The van der Waals surface area contributed by atoms with Crippen molar-refractivity contribution in [1.82, 2.24) is 10.7 Å². The van der Waals surface area contributed by atoms with Crippen molar-refractivity contribution in [1.29, 1.82) is 0 Å². The average Bonchev–Trinajstić information content (AvgIpc) is 3.10. The molecule has 0 radical (unpaired) electrons. The molecule has 2 rings (SSSR count). The fourth-order valence-corrected chi connectivity index (χ4v) is 2.74. The Hall–Kier alpha value is -1.46. The summed E-state index contributed by atoms with van der Waals surface area (Å²) >= 11 is 5.31. The van der Waals surface area contributed by atoms with Gasteiger partial charge in [0.05, 0.1) is 11.8 Å². The van der Waals surface area contributed by atoms with E-state index in [1.165, 1.54) is 12.8 Å². The fourth-order valence-electron chi connectivity index (χ4n) is 2.61. The molecular formula is C18H27N3OS. The van der Waals surface area contributed by atoms with Gasteiger partial charge < -0.3 is 10.1 Å². The highest BCUT2D eigenvalue weighted by Gasteiger charge is 2.15. The number of unbranched alkanes of at least 4 members (excludes halogenated alkanes) is 2. The van der Waals surface area contributed by atoms with Crippen LogP contribution in [0.2, 0.25) is 0 Å². The van der Waals surface area contributed by atoms with Gasteiger partial charge in [0.15, 0.2) is 5.11 Å². The molecule has 23 heavy (non-hydrogen) atoms. The lowest BCUT2D eigenvalue weighted by atomic mass is 10.0. The number of hydrogen-bond acceptors (Lipinski definition) is 3. The number of hydrazone groups is 1. The number of nitrogens with one attached hydrogen (secondary N) is 2. The van der Waals surface area contributed by atoms with Gasteiger partial charge in [0.1, 0.15) is 0 Å². The molecule has 1 aromatic carbocycles. The van der Waals surface area contributed by atoms with Crippen molar-refractivity contribution in [2.45, 2.75) is 51.6 Å². The zero-order chi connectivity index (χ0) is 16.3. The normalized spacial score (nSPS) is 18.0. The number of ether oxygens (including phenoxy) is 1. The summed E-state index contributed by atoms with van der Waals surface area (Å²) in [4.78, 5) is 0. The first-order chi connectivity index (χ1) is 11.3. The van der Waals surface area contributed by atoms with E-state index in [9.17, 15) is 0 Å². The van der Waals surface area contributed by atoms with Crippen LogP contribution in [0.3, 0.4) is 0 Å². The lowest BCUT2D eigenvalue weighted by Crippen LogP contribution is -2.37. The molecule has 0 aliphatic carbocycles. The molecule has 4 nitrogen and oxygen atoms in total. The second-order valence-electron chi connectivity index (χ2n) is 5.84. The largest absolute Gasteiger partial charge is 0.376 e. The van der Waals surface area contributed by atoms with E-state index in [1.807, 2.05) is 18.2 Å². The molecular weight excluding hydrogens is 306 g/mol. The summed E-state index contributed by atoms with van der Waals surface area (Å²) in [6, 6.07) is 10.3. The van der Waals surface area contributed by atoms with E-state index in [0.29, 0.717) is 5.11 Å². The van der Waals surface area contributed by atoms with Crippen LogP contribution in [0.15, 0.2) is 35.4 Å². The monoisotopic (exact) mass is 333 g/mol. The quantitative estimate of drug-likeness (QED) is 0.330. The smallest absolute Gasteiger partial charge is 0.187 e. The van der Waals surface area contributed by atoms with Gasteiger partial charge in [-0.25, -0.2) is 0 Å². The molecule has 1 aromatic rings. The maximum Gasteiger partial charge on any atom is 0.187 e. The number of nitrogens with zero attached hydrogens (tertiary/aromatic N) is 1. The molecule has 1 aliphatic rings. The van der Waals surface area contributed by atoms with Crippen LogP contribution in [0.4, 0.5) is 0 Å². The van der Waals surface area contributed by atoms with E-state index in [4.69, 9.17) is 17.0 Å². The second kappa shape index (κ2) is 10.3. The Bertz CT molecular complexity index is 498. The molecule has 5 heteroatoms. The van der Waals surface area contributed by atoms with Gasteiger partial charge in [0, 0.05) is 13.2 Å². The minimum Gasteiger partial charge on any atom is -0.376 e. The highest BCUT2D eigenvalue weighted by molar-refractivity contribution is 7.80. The summed E-state index contributed by atoms with van der Waals surface area (Å²) in [6.07, 6.45) is 7.04. The summed E-state index contributed by atoms with van der Waals surface area (Å²) in [5, 5.41) is 8.28. The molecule has 1 fully saturated rings. The molecule has 1 saturated heterocycles. The van der Waals surface area contributed by atoms with Gasteiger partial charge in [0.2, 0.25) is 0 Å². The van der Waals surface area contributed by atoms with E-state index in [1.54, 1.807) is 0 Å². The first kappa shape index (κ1) is 17.9. The third-order valence-corrected chi connectivity index (χ3v) is 4.17. The molecule has 0 unspecified atom stereocenters. The Balaban J connectivity index is 1.86. The molecule has 126 valence electrons. The van der Waals surface area contributed by atoms with Crippen LogP contribution in [-0.2, 0) is 4.74 Å². The lowest BCUT2D eigenvalue weighted by molar-refractivity contribution is 0.114. The van der Waals surface area contributed by atoms with Gasteiger partial charge in [-0.2, -0.15) is 5.10 Å². The summed E-state index contributed by atoms with van der Waals surface area (Å²) in [5.41, 5.74) is 5.19. The maximum absolute atomic E-state index is 5.58. The summed E-state index contributed by atoms with van der Waals surface area (Å²) < 4.78 is 5.58. The highest BCUT2D eigenvalue weighted by atomic mass is 32.1. The van der Waals surface area contributed by atoms with Gasteiger partial charge in [-0.1, -0.05) is 50.1 Å². The fraction of sp³-hybridized carbons (Fsp3) is 0.556. The Morgan fingerprint density at radius 1 is 1.30 bits per heavy atom. The van der Waals surface area contributed by atoms with Crippen molar-refractivity contribution in [2.24, 2.45) is 5.10 Å². The van der Waals surface area contributed by atoms with E-state index in [0.717, 1.165) is 50.1 Å². The number of rotatable bonds is 8. The summed E-state index contributed by atoms with van der Waals surface area (Å²) in [5.74, 6) is 0. The molecule has 0 amide bonds. The first-order valence-electron chi connectivity index (χ1n) is 8.57. The first-order valence-corrected chi connectivity index (χ1v) is 8.98. The minimum absolute atomic E-state index is 0.275. The topological polar surface area (TPSA) is 45.7 Å². The molecule has 1 atom stereocenters. The Labute approximate surface area is 144 Å². The number of benzene rings is 1. The Morgan fingerprint density at radius 3 is 2.83 bits per heavy atom. The van der Waals surface area contributed by atoms with Gasteiger partial charge in [-0.15, -0.1) is 0 Å². The number of thiocarbonyl (C=S) groups is 1. The maximum atomic E-state index is 5.58. The van der Waals surface area contributed by atoms with Crippen LogP contribution in [0.5, 0.6) is 0 Å². The number of hydrogen-bond donors (Lipinski definition) is 2. The van der Waals surface area contributed by atoms with E-state index < -0.39 is 0 Å². The highest BCUT2D eigenvalue weighted by Crippen LogP contribution is 2.11. The molecule has 0 saturated carbocycles. The SMILES string of the molecule is CCCCC/C(=N/NC(=S)NC[C@H]1CCCO1)c1ccccc1. The van der Waals surface area contributed by atoms with Crippen molar-refractivity contribution in [3.63, 3.8) is 0 Å². The van der Waals surface area contributed by atoms with Crippen molar-refractivity contribution in [2.75, 3.05) is 13.2 Å². The van der Waals surface area contributed by atoms with E-state index >= 15 is 0 Å². The van der Waals surface area contributed by atoms with Crippen LogP contribution in [0.25, 0.3) is 0 Å². The lowest BCUT2D eigenvalue weighted by Gasteiger charge is -2.13. The van der Waals surface area contributed by atoms with Crippen molar-refractivity contribution >= 4 is 23.0 Å². The second-order valence-corrected chi connectivity index (χ2v) is 6.25. The summed E-state index contributed by atoms with van der Waals surface area (Å²) in [6.45, 7) is 3.82. The molecule has 2 N–H and O–H groups in total. The minimum atomic E-state index is 0.275. The van der Waals surface area contributed by atoms with Gasteiger partial charge >= 0.3 is 0 Å². The molecule has 0 spiro atoms. The van der Waals surface area contributed by atoms with Gasteiger partial charge in [0.25, 0.3) is 0 Å². The van der Waals surface area contributed by atoms with Crippen LogP contribution >= 0.6 is 12.2 Å². The standard InChI is InChI=1S/C18H27N3OS/c1-2-3-5-12-17(15-9-6-4-7-10-15)20-21-18(23)19-14-16-11-8-13-22-16/h4,6-7,9-10,16H,2-3,5,8,11-14H2,1H3,(H2,19,21,23)/b20-17-/t16-/m1/s1. The van der Waals surface area contributed by atoms with Crippen LogP contribution in [0.1, 0.15) is 51.0 Å². The zero-order valence-corrected chi connectivity index (χ0v) is 14.7. The van der Waals surface area contributed by atoms with E-state index in [-0.39, 0.29) is 6.10 Å². The van der Waals surface area contributed by atoms with Crippen molar-refractivity contribution < 1.29 is 4.74 Å². The third kappa shape index (κ3) is 6.67. The predicted molar refractivity (Wildman–Crippen MR) is 99.8 cm³/mol. The predicted octanol–water partition coefficient (Wildman–Crippen LogP) is 3.61. The van der Waals surface area contributed by atoms with Gasteiger partial charge in [-0.05, 0) is 43.5 Å². The Morgan fingerprint density at radius 2 is 2.13 bits per heavy atom. The molecule has 1 aliphatic heterocycles. The molecule has 0 aromatic heterocycles. The molecule has 0 bridgehead atoms. The average molecular weight is 334 g/mol. The van der Waals surface area contributed by atoms with Gasteiger partial charge in [-0.3, -0.25) is 5.43 Å². The zero-order valence-electron chi connectivity index (χ0n) is 13.9. The van der Waals surface area contributed by atoms with Crippen molar-refractivity contribution in [3.8, 4) is 0 Å². The third-order valence-electron chi connectivity index (χ3n) is 3.93.